The van der Waals surface area contributed by atoms with Crippen molar-refractivity contribution >= 4 is 5.91 Å². The van der Waals surface area contributed by atoms with Crippen LogP contribution in [-0.2, 0) is 11.3 Å². The molecule has 26 heavy (non-hydrogen) atoms. The minimum atomic E-state index is -0.454. The zero-order valence-corrected chi connectivity index (χ0v) is 13.9. The fourth-order valence-corrected chi connectivity index (χ4v) is 2.30. The first-order valence-electron chi connectivity index (χ1n) is 7.91. The molecule has 132 valence electrons. The van der Waals surface area contributed by atoms with E-state index < -0.39 is 11.5 Å². The third-order valence-electron chi connectivity index (χ3n) is 3.63. The predicted octanol–water partition coefficient (Wildman–Crippen LogP) is 1.71. The Labute approximate surface area is 149 Å². The molecule has 0 saturated carbocycles. The van der Waals surface area contributed by atoms with E-state index in [9.17, 15) is 14.0 Å². The summed E-state index contributed by atoms with van der Waals surface area (Å²) in [5.41, 5.74) is 0.584. The lowest BCUT2D eigenvalue weighted by Gasteiger charge is -2.20. The van der Waals surface area contributed by atoms with Crippen LogP contribution in [0.1, 0.15) is 12.8 Å². The lowest BCUT2D eigenvalue weighted by Crippen LogP contribution is -2.38. The highest BCUT2D eigenvalue weighted by Gasteiger charge is 2.15. The molecule has 0 N–H and O–H groups in total. The number of amides is 1. The zero-order chi connectivity index (χ0) is 18.9. The maximum absolute atomic E-state index is 13.0. The molecule has 2 rings (SSSR count). The van der Waals surface area contributed by atoms with Gasteiger partial charge < -0.3 is 4.90 Å². The van der Waals surface area contributed by atoms with Gasteiger partial charge in [0.15, 0.2) is 0 Å². The summed E-state index contributed by atoms with van der Waals surface area (Å²) in [6.45, 7) is 0.0670. The van der Waals surface area contributed by atoms with E-state index in [1.165, 1.54) is 41.3 Å². The van der Waals surface area contributed by atoms with Crippen LogP contribution in [0, 0.1) is 28.5 Å². The highest BCUT2D eigenvalue weighted by Crippen LogP contribution is 2.15. The summed E-state index contributed by atoms with van der Waals surface area (Å²) in [6.07, 6.45) is 0.268. The van der Waals surface area contributed by atoms with Gasteiger partial charge in [0.1, 0.15) is 12.4 Å². The molecule has 0 aliphatic carbocycles. The van der Waals surface area contributed by atoms with Crippen LogP contribution in [0.3, 0.4) is 0 Å². The van der Waals surface area contributed by atoms with Crippen LogP contribution in [0.2, 0.25) is 0 Å². The summed E-state index contributed by atoms with van der Waals surface area (Å²) in [7, 11) is 0. The standard InChI is InChI=1S/C18H16FN5O2/c19-15-5-3-14(4-6-15)16-7-8-17(25)24(22-16)13-18(26)23(11-1-9-20)12-2-10-21/h3-8H,1-2,11-13H2. The Balaban J connectivity index is 2.21. The summed E-state index contributed by atoms with van der Waals surface area (Å²) in [4.78, 5) is 25.8. The number of rotatable bonds is 7. The summed E-state index contributed by atoms with van der Waals surface area (Å²) in [5, 5.41) is 21.5. The molecule has 0 radical (unpaired) electrons. The Morgan fingerprint density at radius 2 is 1.69 bits per heavy atom. The number of carbonyl (C=O) groups excluding carboxylic acids is 1. The molecule has 8 heteroatoms. The van der Waals surface area contributed by atoms with Crippen molar-refractivity contribution in [3.8, 4) is 23.4 Å². The van der Waals surface area contributed by atoms with Crippen molar-refractivity contribution in [1.29, 1.82) is 10.5 Å². The minimum Gasteiger partial charge on any atom is -0.339 e. The van der Waals surface area contributed by atoms with Gasteiger partial charge in [-0.05, 0) is 30.3 Å². The number of hydrogen-bond donors (Lipinski definition) is 0. The highest BCUT2D eigenvalue weighted by molar-refractivity contribution is 5.76. The Morgan fingerprint density at radius 3 is 2.27 bits per heavy atom. The third kappa shape index (κ3) is 4.99. The molecule has 1 aromatic carbocycles. The molecule has 0 aliphatic rings. The average molecular weight is 353 g/mol. The van der Waals surface area contributed by atoms with E-state index in [2.05, 4.69) is 5.10 Å². The molecule has 7 nitrogen and oxygen atoms in total. The number of benzene rings is 1. The fraction of sp³-hybridized carbons (Fsp3) is 0.278. The number of aromatic nitrogens is 2. The molecule has 0 spiro atoms. The van der Waals surface area contributed by atoms with E-state index in [0.717, 1.165) is 4.68 Å². The second-order valence-electron chi connectivity index (χ2n) is 5.42. The molecular formula is C18H16FN5O2. The molecule has 0 fully saturated rings. The van der Waals surface area contributed by atoms with Crippen LogP contribution >= 0.6 is 0 Å². The van der Waals surface area contributed by atoms with Crippen molar-refractivity contribution in [3.05, 3.63) is 52.6 Å². The van der Waals surface area contributed by atoms with E-state index in [1.807, 2.05) is 12.1 Å². The van der Waals surface area contributed by atoms with Gasteiger partial charge in [-0.1, -0.05) is 0 Å². The molecule has 0 atom stereocenters. The number of hydrogen-bond acceptors (Lipinski definition) is 5. The Hall–Kier alpha value is -3.52. The lowest BCUT2D eigenvalue weighted by atomic mass is 10.1. The van der Waals surface area contributed by atoms with Crippen LogP contribution in [0.4, 0.5) is 4.39 Å². The maximum Gasteiger partial charge on any atom is 0.267 e. The number of carbonyl (C=O) groups is 1. The third-order valence-corrected chi connectivity index (χ3v) is 3.63. The van der Waals surface area contributed by atoms with Crippen LogP contribution < -0.4 is 5.56 Å². The monoisotopic (exact) mass is 353 g/mol. The van der Waals surface area contributed by atoms with Gasteiger partial charge in [-0.15, -0.1) is 0 Å². The molecule has 1 amide bonds. The topological polar surface area (TPSA) is 103 Å². The van der Waals surface area contributed by atoms with Gasteiger partial charge in [0.2, 0.25) is 5.91 Å². The summed E-state index contributed by atoms with van der Waals surface area (Å²) in [6, 6.07) is 12.3. The van der Waals surface area contributed by atoms with Crippen molar-refractivity contribution in [2.75, 3.05) is 13.1 Å². The lowest BCUT2D eigenvalue weighted by molar-refractivity contribution is -0.132. The van der Waals surface area contributed by atoms with Gasteiger partial charge in [-0.25, -0.2) is 9.07 Å². The van der Waals surface area contributed by atoms with Crippen LogP contribution in [-0.4, -0.2) is 33.7 Å². The maximum atomic E-state index is 13.0. The molecule has 1 heterocycles. The Bertz CT molecular complexity index is 891. The van der Waals surface area contributed by atoms with Gasteiger partial charge in [0.25, 0.3) is 5.56 Å². The number of nitrogens with zero attached hydrogens (tertiary/aromatic N) is 5. The molecule has 0 unspecified atom stereocenters. The SMILES string of the molecule is N#CCCN(CCC#N)C(=O)Cn1nc(-c2ccc(F)cc2)ccc1=O. The van der Waals surface area contributed by atoms with Crippen LogP contribution in [0.15, 0.2) is 41.2 Å². The smallest absolute Gasteiger partial charge is 0.267 e. The average Bonchev–Trinajstić information content (AvgIpc) is 2.64. The predicted molar refractivity (Wildman–Crippen MR) is 90.9 cm³/mol. The van der Waals surface area contributed by atoms with E-state index in [-0.39, 0.29) is 38.3 Å². The van der Waals surface area contributed by atoms with Crippen molar-refractivity contribution in [2.24, 2.45) is 0 Å². The number of halogens is 1. The molecule has 2 aromatic rings. The van der Waals surface area contributed by atoms with E-state index in [0.29, 0.717) is 11.3 Å². The molecule has 0 bridgehead atoms. The van der Waals surface area contributed by atoms with E-state index in [1.54, 1.807) is 0 Å². The Morgan fingerprint density at radius 1 is 1.08 bits per heavy atom. The fourth-order valence-electron chi connectivity index (χ4n) is 2.30. The first kappa shape index (κ1) is 18.8. The van der Waals surface area contributed by atoms with E-state index in [4.69, 9.17) is 10.5 Å². The summed E-state index contributed by atoms with van der Waals surface area (Å²) < 4.78 is 14.1. The van der Waals surface area contributed by atoms with Crippen molar-refractivity contribution in [1.82, 2.24) is 14.7 Å². The van der Waals surface area contributed by atoms with E-state index >= 15 is 0 Å². The van der Waals surface area contributed by atoms with Crippen molar-refractivity contribution in [3.63, 3.8) is 0 Å². The molecule has 1 aromatic heterocycles. The molecular weight excluding hydrogens is 337 g/mol. The molecule has 0 aliphatic heterocycles. The summed E-state index contributed by atoms with van der Waals surface area (Å²) >= 11 is 0. The zero-order valence-electron chi connectivity index (χ0n) is 13.9. The second kappa shape index (κ2) is 9.09. The summed E-state index contributed by atoms with van der Waals surface area (Å²) in [5.74, 6) is -0.788. The van der Waals surface area contributed by atoms with Gasteiger partial charge in [0.05, 0.1) is 30.7 Å². The highest BCUT2D eigenvalue weighted by atomic mass is 19.1. The van der Waals surface area contributed by atoms with Crippen molar-refractivity contribution < 1.29 is 9.18 Å². The van der Waals surface area contributed by atoms with Gasteiger partial charge in [-0.2, -0.15) is 15.6 Å². The van der Waals surface area contributed by atoms with Gasteiger partial charge in [-0.3, -0.25) is 9.59 Å². The van der Waals surface area contributed by atoms with Gasteiger partial charge >= 0.3 is 0 Å². The first-order chi connectivity index (χ1) is 12.5. The first-order valence-corrected chi connectivity index (χ1v) is 7.91. The van der Waals surface area contributed by atoms with Crippen LogP contribution in [0.25, 0.3) is 11.3 Å². The Kier molecular flexibility index (Phi) is 6.58. The van der Waals surface area contributed by atoms with Crippen molar-refractivity contribution in [2.45, 2.75) is 19.4 Å². The quantitative estimate of drug-likeness (QED) is 0.754. The number of nitriles is 2. The largest absolute Gasteiger partial charge is 0.339 e. The second-order valence-corrected chi connectivity index (χ2v) is 5.42. The minimum absolute atomic E-state index is 0.134. The molecule has 0 saturated heterocycles. The van der Waals surface area contributed by atoms with Crippen LogP contribution in [0.5, 0.6) is 0 Å². The van der Waals surface area contributed by atoms with Gasteiger partial charge in [0, 0.05) is 24.7 Å². The normalized spacial score (nSPS) is 9.96.